The van der Waals surface area contributed by atoms with Crippen LogP contribution in [-0.4, -0.2) is 49.1 Å². The molecule has 0 heterocycles. The van der Waals surface area contributed by atoms with E-state index < -0.39 is 11.4 Å². The van der Waals surface area contributed by atoms with Gasteiger partial charge in [-0.3, -0.25) is 9.59 Å². The van der Waals surface area contributed by atoms with Crippen molar-refractivity contribution in [3.63, 3.8) is 0 Å². The van der Waals surface area contributed by atoms with Gasteiger partial charge in [0.25, 0.3) is 0 Å². The molecule has 0 aliphatic heterocycles. The average molecular weight is 256 g/mol. The maximum absolute atomic E-state index is 11.6. The van der Waals surface area contributed by atoms with Crippen LogP contribution >= 0.6 is 0 Å². The van der Waals surface area contributed by atoms with Crippen molar-refractivity contribution in [2.45, 2.75) is 38.5 Å². The molecule has 104 valence electrons. The molecule has 18 heavy (non-hydrogen) atoms. The Bertz CT molecular complexity index is 295. The fraction of sp³-hybridized carbons (Fsp3) is 0.846. The normalized spacial score (nSPS) is 19.3. The zero-order valence-corrected chi connectivity index (χ0v) is 11.4. The zero-order chi connectivity index (χ0) is 13.6. The first-order valence-electron chi connectivity index (χ1n) is 6.61. The van der Waals surface area contributed by atoms with E-state index in [4.69, 9.17) is 0 Å². The van der Waals surface area contributed by atoms with E-state index in [0.717, 1.165) is 25.7 Å². The molecule has 0 radical (unpaired) electrons. The molecule has 1 saturated carbocycles. The number of nitrogens with zero attached hydrogens (tertiary/aromatic N) is 1. The summed E-state index contributed by atoms with van der Waals surface area (Å²) in [6, 6.07) is 0. The van der Waals surface area contributed by atoms with Crippen LogP contribution in [0.1, 0.15) is 38.5 Å². The minimum Gasteiger partial charge on any atom is -0.481 e. The smallest absolute Gasteiger partial charge is 0.311 e. The number of hydrogen-bond acceptors (Lipinski definition) is 3. The van der Waals surface area contributed by atoms with Gasteiger partial charge in [0.2, 0.25) is 5.91 Å². The molecular weight excluding hydrogens is 232 g/mol. The van der Waals surface area contributed by atoms with Crippen LogP contribution in [-0.2, 0) is 9.59 Å². The van der Waals surface area contributed by atoms with Gasteiger partial charge in [0.05, 0.1) is 12.0 Å². The van der Waals surface area contributed by atoms with Crippen molar-refractivity contribution in [1.82, 2.24) is 10.2 Å². The molecule has 0 bridgehead atoms. The van der Waals surface area contributed by atoms with Gasteiger partial charge in [-0.05, 0) is 26.9 Å². The van der Waals surface area contributed by atoms with Gasteiger partial charge in [-0.15, -0.1) is 0 Å². The maximum Gasteiger partial charge on any atom is 0.311 e. The molecule has 0 saturated heterocycles. The molecule has 0 spiro atoms. The van der Waals surface area contributed by atoms with E-state index >= 15 is 0 Å². The van der Waals surface area contributed by atoms with Crippen LogP contribution in [0, 0.1) is 5.41 Å². The van der Waals surface area contributed by atoms with E-state index in [9.17, 15) is 14.7 Å². The summed E-state index contributed by atoms with van der Waals surface area (Å²) >= 11 is 0. The van der Waals surface area contributed by atoms with E-state index in [0.29, 0.717) is 19.4 Å². The molecule has 1 amide bonds. The van der Waals surface area contributed by atoms with E-state index in [2.05, 4.69) is 5.32 Å². The number of carboxylic acid groups (broad SMARTS) is 1. The predicted molar refractivity (Wildman–Crippen MR) is 69.3 cm³/mol. The lowest BCUT2D eigenvalue weighted by molar-refractivity contribution is -0.149. The third-order valence-corrected chi connectivity index (χ3v) is 3.60. The first kappa shape index (κ1) is 15.0. The third kappa shape index (κ3) is 4.29. The van der Waals surface area contributed by atoms with Crippen LogP contribution in [0.25, 0.3) is 0 Å². The lowest BCUT2D eigenvalue weighted by Crippen LogP contribution is -2.45. The quantitative estimate of drug-likeness (QED) is 0.722. The SMILES string of the molecule is CN(C)CC(=O)NCC1(C(=O)O)CCCCCC1. The Balaban J connectivity index is 2.57. The lowest BCUT2D eigenvalue weighted by atomic mass is 9.80. The van der Waals surface area contributed by atoms with E-state index in [1.807, 2.05) is 14.1 Å². The molecule has 0 aromatic heterocycles. The summed E-state index contributed by atoms with van der Waals surface area (Å²) in [5.74, 6) is -0.876. The molecule has 0 aromatic carbocycles. The molecule has 0 aromatic rings. The Morgan fingerprint density at radius 3 is 2.17 bits per heavy atom. The summed E-state index contributed by atoms with van der Waals surface area (Å²) in [5.41, 5.74) is -0.752. The minimum atomic E-state index is -0.769. The molecule has 1 rings (SSSR count). The van der Waals surface area contributed by atoms with Crippen molar-refractivity contribution >= 4 is 11.9 Å². The summed E-state index contributed by atoms with van der Waals surface area (Å²) in [7, 11) is 3.64. The van der Waals surface area contributed by atoms with Gasteiger partial charge >= 0.3 is 5.97 Å². The van der Waals surface area contributed by atoms with Crippen LogP contribution in [0.2, 0.25) is 0 Å². The van der Waals surface area contributed by atoms with Crippen LogP contribution in [0.5, 0.6) is 0 Å². The second-order valence-corrected chi connectivity index (χ2v) is 5.51. The Labute approximate surface area is 109 Å². The highest BCUT2D eigenvalue weighted by atomic mass is 16.4. The number of hydrogen-bond donors (Lipinski definition) is 2. The van der Waals surface area contributed by atoms with Gasteiger partial charge < -0.3 is 15.3 Å². The third-order valence-electron chi connectivity index (χ3n) is 3.60. The van der Waals surface area contributed by atoms with Gasteiger partial charge in [0.15, 0.2) is 0 Å². The largest absolute Gasteiger partial charge is 0.481 e. The topological polar surface area (TPSA) is 69.6 Å². The van der Waals surface area contributed by atoms with Crippen molar-refractivity contribution in [1.29, 1.82) is 0 Å². The maximum atomic E-state index is 11.6. The molecule has 1 aliphatic carbocycles. The first-order valence-corrected chi connectivity index (χ1v) is 6.61. The van der Waals surface area contributed by atoms with Gasteiger partial charge in [0, 0.05) is 6.54 Å². The Morgan fingerprint density at radius 1 is 1.17 bits per heavy atom. The number of rotatable bonds is 5. The average Bonchev–Trinajstić information content (AvgIpc) is 2.51. The van der Waals surface area contributed by atoms with E-state index in [-0.39, 0.29) is 12.5 Å². The summed E-state index contributed by atoms with van der Waals surface area (Å²) in [6.07, 6.45) is 5.42. The summed E-state index contributed by atoms with van der Waals surface area (Å²) in [6.45, 7) is 0.560. The number of likely N-dealkylation sites (N-methyl/N-ethyl adjacent to an activating group) is 1. The van der Waals surface area contributed by atoms with Crippen molar-refractivity contribution < 1.29 is 14.7 Å². The molecule has 1 fully saturated rings. The number of carbonyl (C=O) groups excluding carboxylic acids is 1. The van der Waals surface area contributed by atoms with Crippen molar-refractivity contribution in [2.75, 3.05) is 27.2 Å². The van der Waals surface area contributed by atoms with E-state index in [1.54, 1.807) is 4.90 Å². The molecule has 5 nitrogen and oxygen atoms in total. The molecule has 0 atom stereocenters. The van der Waals surface area contributed by atoms with Gasteiger partial charge in [0.1, 0.15) is 0 Å². The fourth-order valence-corrected chi connectivity index (χ4v) is 2.48. The number of aliphatic carboxylic acids is 1. The van der Waals surface area contributed by atoms with Crippen LogP contribution in [0.4, 0.5) is 0 Å². The van der Waals surface area contributed by atoms with Crippen molar-refractivity contribution in [3.8, 4) is 0 Å². The van der Waals surface area contributed by atoms with Gasteiger partial charge in [-0.25, -0.2) is 0 Å². The highest BCUT2D eigenvalue weighted by Gasteiger charge is 2.38. The summed E-state index contributed by atoms with van der Waals surface area (Å²) in [5, 5.41) is 12.2. The molecular formula is C13H24N2O3. The Kier molecular flexibility index (Phi) is 5.59. The Hall–Kier alpha value is -1.10. The number of amides is 1. The van der Waals surface area contributed by atoms with E-state index in [1.165, 1.54) is 0 Å². The Morgan fingerprint density at radius 2 is 1.72 bits per heavy atom. The van der Waals surface area contributed by atoms with Crippen LogP contribution < -0.4 is 5.32 Å². The lowest BCUT2D eigenvalue weighted by Gasteiger charge is -2.28. The van der Waals surface area contributed by atoms with Gasteiger partial charge in [-0.2, -0.15) is 0 Å². The standard InChI is InChI=1S/C13H24N2O3/c1-15(2)9-11(16)14-10-13(12(17)18)7-5-3-4-6-8-13/h3-10H2,1-2H3,(H,14,16)(H,17,18). The number of nitrogens with one attached hydrogen (secondary N) is 1. The van der Waals surface area contributed by atoms with Crippen molar-refractivity contribution in [2.24, 2.45) is 5.41 Å². The second kappa shape index (κ2) is 6.73. The van der Waals surface area contributed by atoms with Crippen LogP contribution in [0.15, 0.2) is 0 Å². The predicted octanol–water partition coefficient (Wildman–Crippen LogP) is 1.09. The first-order chi connectivity index (χ1) is 8.46. The fourth-order valence-electron chi connectivity index (χ4n) is 2.48. The monoisotopic (exact) mass is 256 g/mol. The molecule has 5 heteroatoms. The molecule has 2 N–H and O–H groups in total. The summed E-state index contributed by atoms with van der Waals surface area (Å²) in [4.78, 5) is 24.9. The van der Waals surface area contributed by atoms with Gasteiger partial charge in [-0.1, -0.05) is 25.7 Å². The zero-order valence-electron chi connectivity index (χ0n) is 11.4. The highest BCUT2D eigenvalue weighted by molar-refractivity contribution is 5.80. The highest BCUT2D eigenvalue weighted by Crippen LogP contribution is 2.34. The molecule has 0 unspecified atom stereocenters. The van der Waals surface area contributed by atoms with Crippen molar-refractivity contribution in [3.05, 3.63) is 0 Å². The summed E-state index contributed by atoms with van der Waals surface area (Å²) < 4.78 is 0. The number of carboxylic acids is 1. The number of carbonyl (C=O) groups is 2. The molecule has 1 aliphatic rings. The minimum absolute atomic E-state index is 0.107. The van der Waals surface area contributed by atoms with Crippen LogP contribution in [0.3, 0.4) is 0 Å². The second-order valence-electron chi connectivity index (χ2n) is 5.51.